The zero-order valence-corrected chi connectivity index (χ0v) is 9.92. The van der Waals surface area contributed by atoms with Crippen LogP contribution in [0.4, 0.5) is 0 Å². The number of hydrogen-bond acceptors (Lipinski definition) is 2. The lowest BCUT2D eigenvalue weighted by Gasteiger charge is -2.43. The molecular weight excluding hydrogens is 174 g/mol. The van der Waals surface area contributed by atoms with Crippen LogP contribution < -0.4 is 0 Å². The second-order valence-corrected chi connectivity index (χ2v) is 5.29. The first-order valence-electron chi connectivity index (χ1n) is 5.93. The van der Waals surface area contributed by atoms with Crippen LogP contribution in [0.2, 0.25) is 0 Å². The average molecular weight is 199 g/mol. The van der Waals surface area contributed by atoms with Gasteiger partial charge in [0, 0.05) is 13.2 Å². The number of aliphatic hydroxyl groups is 1. The Kier molecular flexibility index (Phi) is 4.39. The van der Waals surface area contributed by atoms with Gasteiger partial charge in [0.2, 0.25) is 0 Å². The first-order chi connectivity index (χ1) is 6.60. The van der Waals surface area contributed by atoms with Crippen molar-refractivity contribution in [3.8, 4) is 0 Å². The number of aliphatic hydroxyl groups excluding tert-OH is 1. The van der Waals surface area contributed by atoms with Crippen molar-refractivity contribution in [1.82, 2.24) is 4.90 Å². The predicted molar refractivity (Wildman–Crippen MR) is 60.3 cm³/mol. The Morgan fingerprint density at radius 3 is 2.64 bits per heavy atom. The maximum absolute atomic E-state index is 9.27. The molecule has 1 aliphatic rings. The second kappa shape index (κ2) is 5.13. The fourth-order valence-electron chi connectivity index (χ4n) is 2.42. The molecule has 1 aliphatic heterocycles. The molecule has 0 radical (unpaired) electrons. The van der Waals surface area contributed by atoms with Crippen LogP contribution in [0.15, 0.2) is 0 Å². The van der Waals surface area contributed by atoms with Gasteiger partial charge in [0.15, 0.2) is 0 Å². The van der Waals surface area contributed by atoms with Crippen molar-refractivity contribution in [2.45, 2.75) is 40.0 Å². The molecule has 2 nitrogen and oxygen atoms in total. The van der Waals surface area contributed by atoms with Crippen molar-refractivity contribution >= 4 is 0 Å². The van der Waals surface area contributed by atoms with Gasteiger partial charge in [0.1, 0.15) is 0 Å². The predicted octanol–water partition coefficient (Wildman–Crippen LogP) is 2.13. The van der Waals surface area contributed by atoms with Crippen LogP contribution in [0.3, 0.4) is 0 Å². The standard InChI is InChI=1S/C12H25NO/c1-4-5-7-13-8-6-11(9-14)12(2,3)10-13/h11,14H,4-10H2,1-3H3. The molecule has 1 unspecified atom stereocenters. The Morgan fingerprint density at radius 2 is 2.14 bits per heavy atom. The monoisotopic (exact) mass is 199 g/mol. The van der Waals surface area contributed by atoms with E-state index in [4.69, 9.17) is 0 Å². The van der Waals surface area contributed by atoms with Crippen LogP contribution in [0, 0.1) is 11.3 Å². The molecule has 0 saturated carbocycles. The quantitative estimate of drug-likeness (QED) is 0.749. The fraction of sp³-hybridized carbons (Fsp3) is 1.00. The van der Waals surface area contributed by atoms with Gasteiger partial charge < -0.3 is 10.0 Å². The van der Waals surface area contributed by atoms with Crippen LogP contribution in [-0.2, 0) is 0 Å². The summed E-state index contributed by atoms with van der Waals surface area (Å²) in [5, 5.41) is 9.27. The highest BCUT2D eigenvalue weighted by molar-refractivity contribution is 4.86. The van der Waals surface area contributed by atoms with Gasteiger partial charge in [-0.15, -0.1) is 0 Å². The van der Waals surface area contributed by atoms with E-state index in [0.29, 0.717) is 17.9 Å². The van der Waals surface area contributed by atoms with Crippen molar-refractivity contribution in [3.05, 3.63) is 0 Å². The third-order valence-corrected chi connectivity index (χ3v) is 3.58. The highest BCUT2D eigenvalue weighted by atomic mass is 16.3. The third kappa shape index (κ3) is 2.96. The lowest BCUT2D eigenvalue weighted by molar-refractivity contribution is 0.0209. The number of unbranched alkanes of at least 4 members (excludes halogenated alkanes) is 1. The number of nitrogens with zero attached hydrogens (tertiary/aromatic N) is 1. The van der Waals surface area contributed by atoms with Gasteiger partial charge in [-0.2, -0.15) is 0 Å². The van der Waals surface area contributed by atoms with E-state index in [1.807, 2.05) is 0 Å². The summed E-state index contributed by atoms with van der Waals surface area (Å²) in [7, 11) is 0. The molecule has 0 aromatic heterocycles. The summed E-state index contributed by atoms with van der Waals surface area (Å²) in [5.74, 6) is 0.500. The number of rotatable bonds is 4. The van der Waals surface area contributed by atoms with E-state index in [0.717, 1.165) is 13.0 Å². The van der Waals surface area contributed by atoms with Crippen molar-refractivity contribution in [2.75, 3.05) is 26.2 Å². The second-order valence-electron chi connectivity index (χ2n) is 5.29. The molecule has 1 atom stereocenters. The van der Waals surface area contributed by atoms with E-state index in [-0.39, 0.29) is 0 Å². The molecule has 1 N–H and O–H groups in total. The molecule has 0 amide bonds. The van der Waals surface area contributed by atoms with E-state index in [1.54, 1.807) is 0 Å². The summed E-state index contributed by atoms with van der Waals surface area (Å²) < 4.78 is 0. The van der Waals surface area contributed by atoms with Gasteiger partial charge in [0.05, 0.1) is 0 Å². The normalized spacial score (nSPS) is 27.9. The maximum Gasteiger partial charge on any atom is 0.0465 e. The Hall–Kier alpha value is -0.0800. The Balaban J connectivity index is 2.41. The molecule has 14 heavy (non-hydrogen) atoms. The SMILES string of the molecule is CCCCN1CCC(CO)C(C)(C)C1. The van der Waals surface area contributed by atoms with E-state index < -0.39 is 0 Å². The molecule has 0 aliphatic carbocycles. The van der Waals surface area contributed by atoms with Crippen molar-refractivity contribution in [1.29, 1.82) is 0 Å². The Labute approximate surface area is 88.3 Å². The summed E-state index contributed by atoms with van der Waals surface area (Å²) in [5.41, 5.74) is 0.292. The summed E-state index contributed by atoms with van der Waals surface area (Å²) in [6.07, 6.45) is 3.74. The van der Waals surface area contributed by atoms with Crippen LogP contribution in [0.5, 0.6) is 0 Å². The number of piperidine rings is 1. The van der Waals surface area contributed by atoms with Gasteiger partial charge in [0.25, 0.3) is 0 Å². The minimum absolute atomic E-state index is 0.292. The molecule has 0 bridgehead atoms. The van der Waals surface area contributed by atoms with Crippen LogP contribution in [0.1, 0.15) is 40.0 Å². The molecule has 0 aromatic rings. The average Bonchev–Trinajstić information content (AvgIpc) is 2.13. The van der Waals surface area contributed by atoms with Crippen LogP contribution in [0.25, 0.3) is 0 Å². The Bertz CT molecular complexity index is 168. The number of hydrogen-bond donors (Lipinski definition) is 1. The zero-order valence-electron chi connectivity index (χ0n) is 9.92. The van der Waals surface area contributed by atoms with E-state index in [1.165, 1.54) is 25.9 Å². The first-order valence-corrected chi connectivity index (χ1v) is 5.93. The van der Waals surface area contributed by atoms with E-state index in [9.17, 15) is 5.11 Å². The minimum Gasteiger partial charge on any atom is -0.396 e. The molecule has 1 heterocycles. The molecule has 0 aromatic carbocycles. The van der Waals surface area contributed by atoms with Crippen molar-refractivity contribution in [3.63, 3.8) is 0 Å². The van der Waals surface area contributed by atoms with Gasteiger partial charge in [-0.1, -0.05) is 27.2 Å². The van der Waals surface area contributed by atoms with E-state index >= 15 is 0 Å². The van der Waals surface area contributed by atoms with Gasteiger partial charge in [-0.25, -0.2) is 0 Å². The van der Waals surface area contributed by atoms with Crippen molar-refractivity contribution in [2.24, 2.45) is 11.3 Å². The number of likely N-dealkylation sites (tertiary alicyclic amines) is 1. The zero-order chi connectivity index (χ0) is 10.6. The van der Waals surface area contributed by atoms with Gasteiger partial charge >= 0.3 is 0 Å². The highest BCUT2D eigenvalue weighted by Gasteiger charge is 2.34. The minimum atomic E-state index is 0.292. The molecule has 84 valence electrons. The summed E-state index contributed by atoms with van der Waals surface area (Å²) in [4.78, 5) is 2.55. The third-order valence-electron chi connectivity index (χ3n) is 3.58. The molecule has 1 saturated heterocycles. The van der Waals surface area contributed by atoms with Crippen molar-refractivity contribution < 1.29 is 5.11 Å². The lowest BCUT2D eigenvalue weighted by Crippen LogP contribution is -2.47. The maximum atomic E-state index is 9.27. The first kappa shape index (κ1) is 12.0. The molecule has 0 spiro atoms. The summed E-state index contributed by atoms with van der Waals surface area (Å²) in [6.45, 7) is 10.7. The molecule has 2 heteroatoms. The smallest absolute Gasteiger partial charge is 0.0465 e. The van der Waals surface area contributed by atoms with Gasteiger partial charge in [-0.3, -0.25) is 0 Å². The summed E-state index contributed by atoms with van der Waals surface area (Å²) in [6, 6.07) is 0. The lowest BCUT2D eigenvalue weighted by atomic mass is 9.74. The summed E-state index contributed by atoms with van der Waals surface area (Å²) >= 11 is 0. The molecule has 1 rings (SSSR count). The molecule has 1 fully saturated rings. The van der Waals surface area contributed by atoms with Gasteiger partial charge in [-0.05, 0) is 37.3 Å². The Morgan fingerprint density at radius 1 is 1.43 bits per heavy atom. The molecular formula is C12H25NO. The van der Waals surface area contributed by atoms with E-state index in [2.05, 4.69) is 25.7 Å². The highest BCUT2D eigenvalue weighted by Crippen LogP contribution is 2.34. The largest absolute Gasteiger partial charge is 0.396 e. The fourth-order valence-corrected chi connectivity index (χ4v) is 2.42. The van der Waals surface area contributed by atoms with Crippen LogP contribution in [-0.4, -0.2) is 36.2 Å². The van der Waals surface area contributed by atoms with Crippen LogP contribution >= 0.6 is 0 Å². The topological polar surface area (TPSA) is 23.5 Å².